The molecule has 0 spiro atoms. The van der Waals surface area contributed by atoms with Crippen molar-refractivity contribution in [3.63, 3.8) is 0 Å². The van der Waals surface area contributed by atoms with Crippen LogP contribution in [0.5, 0.6) is 11.5 Å². The van der Waals surface area contributed by atoms with E-state index < -0.39 is 5.91 Å². The van der Waals surface area contributed by atoms with Gasteiger partial charge < -0.3 is 9.47 Å². The summed E-state index contributed by atoms with van der Waals surface area (Å²) in [5.74, 6) is 0.853. The van der Waals surface area contributed by atoms with Gasteiger partial charge in [-0.1, -0.05) is 59.6 Å². The lowest BCUT2D eigenvalue weighted by atomic mass is 10.1. The molecule has 1 heterocycles. The van der Waals surface area contributed by atoms with Crippen LogP contribution in [0.2, 0.25) is 10.0 Å². The number of carbonyl (C=O) groups excluding carboxylic acids is 1. The minimum Gasteiger partial charge on any atom is -0.489 e. The summed E-state index contributed by atoms with van der Waals surface area (Å²) in [6.45, 7) is 0.289. The first-order valence-corrected chi connectivity index (χ1v) is 11.0. The van der Waals surface area contributed by atoms with E-state index in [1.54, 1.807) is 42.6 Å². The molecule has 172 valence electrons. The number of aromatic amines is 1. The second-order valence-corrected chi connectivity index (χ2v) is 7.97. The third kappa shape index (κ3) is 6.37. The maximum atomic E-state index is 12.1. The summed E-state index contributed by atoms with van der Waals surface area (Å²) in [5, 5.41) is 11.8. The Labute approximate surface area is 206 Å². The number of nitrogens with one attached hydrogen (secondary N) is 2. The van der Waals surface area contributed by atoms with E-state index in [2.05, 4.69) is 20.7 Å². The second kappa shape index (κ2) is 11.4. The third-order valence-corrected chi connectivity index (χ3v) is 5.45. The summed E-state index contributed by atoms with van der Waals surface area (Å²) in [6, 6.07) is 22.2. The molecule has 4 rings (SSSR count). The normalized spacial score (nSPS) is 10.9. The van der Waals surface area contributed by atoms with Gasteiger partial charge in [0.1, 0.15) is 18.1 Å². The lowest BCUT2D eigenvalue weighted by Gasteiger charge is -2.08. The van der Waals surface area contributed by atoms with Crippen LogP contribution in [0.15, 0.2) is 84.1 Å². The number of hydrogen-bond donors (Lipinski definition) is 2. The van der Waals surface area contributed by atoms with Crippen molar-refractivity contribution in [2.45, 2.75) is 6.61 Å². The average molecular weight is 495 g/mol. The molecule has 1 aromatic heterocycles. The van der Waals surface area contributed by atoms with Crippen LogP contribution in [0.3, 0.4) is 0 Å². The Morgan fingerprint density at radius 2 is 1.71 bits per heavy atom. The van der Waals surface area contributed by atoms with E-state index in [4.69, 9.17) is 32.7 Å². The summed E-state index contributed by atoms with van der Waals surface area (Å²) in [5.41, 5.74) is 5.67. The van der Waals surface area contributed by atoms with Crippen LogP contribution in [0.1, 0.15) is 11.1 Å². The van der Waals surface area contributed by atoms with Gasteiger partial charge in [0.05, 0.1) is 28.2 Å². The standard InChI is InChI=1S/C25H20Cl2N4O3/c26-22-11-6-18(12-23(22)27)25-19(14-29-31-25)13-28-30-24(32)16-34-21-9-7-20(8-10-21)33-15-17-4-2-1-3-5-17/h1-14H,15-16H2,(H,29,31)(H,30,32)/b28-13-. The summed E-state index contributed by atoms with van der Waals surface area (Å²) in [4.78, 5) is 12.1. The van der Waals surface area contributed by atoms with Crippen molar-refractivity contribution in [3.8, 4) is 22.8 Å². The van der Waals surface area contributed by atoms with Crippen molar-refractivity contribution >= 4 is 35.3 Å². The number of benzene rings is 3. The van der Waals surface area contributed by atoms with Crippen molar-refractivity contribution in [2.75, 3.05) is 6.61 Å². The molecule has 0 saturated carbocycles. The Kier molecular flexibility index (Phi) is 7.80. The van der Waals surface area contributed by atoms with Crippen LogP contribution >= 0.6 is 23.2 Å². The molecule has 0 fully saturated rings. The molecule has 4 aromatic rings. The molecule has 0 saturated heterocycles. The summed E-state index contributed by atoms with van der Waals surface area (Å²) < 4.78 is 11.2. The number of nitrogens with zero attached hydrogens (tertiary/aromatic N) is 2. The highest BCUT2D eigenvalue weighted by Gasteiger charge is 2.09. The molecule has 0 unspecified atom stereocenters. The van der Waals surface area contributed by atoms with Crippen LogP contribution in [0, 0.1) is 0 Å². The number of carbonyl (C=O) groups is 1. The number of amides is 1. The predicted octanol–water partition coefficient (Wildman–Crippen LogP) is 5.49. The van der Waals surface area contributed by atoms with Crippen LogP contribution < -0.4 is 14.9 Å². The number of ether oxygens (including phenoxy) is 2. The molecule has 0 radical (unpaired) electrons. The van der Waals surface area contributed by atoms with Gasteiger partial charge in [0.15, 0.2) is 6.61 Å². The Morgan fingerprint density at radius 1 is 0.971 bits per heavy atom. The molecule has 1 amide bonds. The van der Waals surface area contributed by atoms with Gasteiger partial charge in [0.25, 0.3) is 5.91 Å². The Hall–Kier alpha value is -3.81. The van der Waals surface area contributed by atoms with Crippen molar-refractivity contribution in [1.29, 1.82) is 0 Å². The highest BCUT2D eigenvalue weighted by atomic mass is 35.5. The van der Waals surface area contributed by atoms with Crippen LogP contribution in [0.25, 0.3) is 11.3 Å². The van der Waals surface area contributed by atoms with Gasteiger partial charge in [-0.05, 0) is 42.0 Å². The molecule has 0 aliphatic carbocycles. The van der Waals surface area contributed by atoms with E-state index >= 15 is 0 Å². The highest BCUT2D eigenvalue weighted by Crippen LogP contribution is 2.28. The van der Waals surface area contributed by atoms with Gasteiger partial charge >= 0.3 is 0 Å². The number of rotatable bonds is 9. The third-order valence-electron chi connectivity index (χ3n) is 4.71. The van der Waals surface area contributed by atoms with E-state index in [0.717, 1.165) is 11.1 Å². The van der Waals surface area contributed by atoms with Gasteiger partial charge in [-0.3, -0.25) is 9.89 Å². The molecule has 7 nitrogen and oxygen atoms in total. The molecule has 0 aliphatic rings. The maximum absolute atomic E-state index is 12.1. The van der Waals surface area contributed by atoms with E-state index in [1.807, 2.05) is 36.4 Å². The van der Waals surface area contributed by atoms with Gasteiger partial charge in [-0.25, -0.2) is 5.43 Å². The van der Waals surface area contributed by atoms with E-state index in [1.165, 1.54) is 6.21 Å². The fraction of sp³-hybridized carbons (Fsp3) is 0.0800. The molecule has 2 N–H and O–H groups in total. The number of H-pyrrole nitrogens is 1. The van der Waals surface area contributed by atoms with E-state index in [-0.39, 0.29) is 6.61 Å². The molecule has 9 heteroatoms. The smallest absolute Gasteiger partial charge is 0.277 e. The summed E-state index contributed by atoms with van der Waals surface area (Å²) in [6.07, 6.45) is 3.07. The number of aromatic nitrogens is 2. The first-order chi connectivity index (χ1) is 16.6. The van der Waals surface area contributed by atoms with E-state index in [9.17, 15) is 4.79 Å². The number of halogens is 2. The largest absolute Gasteiger partial charge is 0.489 e. The lowest BCUT2D eigenvalue weighted by molar-refractivity contribution is -0.123. The fourth-order valence-corrected chi connectivity index (χ4v) is 3.30. The topological polar surface area (TPSA) is 88.6 Å². The molecular formula is C25H20Cl2N4O3. The second-order valence-electron chi connectivity index (χ2n) is 7.16. The lowest BCUT2D eigenvalue weighted by Crippen LogP contribution is -2.24. The molecular weight excluding hydrogens is 475 g/mol. The fourth-order valence-electron chi connectivity index (χ4n) is 3.00. The zero-order valence-corrected chi connectivity index (χ0v) is 19.4. The molecule has 3 aromatic carbocycles. The summed E-state index contributed by atoms with van der Waals surface area (Å²) >= 11 is 12.1. The van der Waals surface area contributed by atoms with Gasteiger partial charge in [0.2, 0.25) is 0 Å². The Morgan fingerprint density at radius 3 is 2.44 bits per heavy atom. The summed E-state index contributed by atoms with van der Waals surface area (Å²) in [7, 11) is 0. The van der Waals surface area contributed by atoms with Crippen LogP contribution in [0.4, 0.5) is 0 Å². The number of hydrogen-bond acceptors (Lipinski definition) is 5. The van der Waals surface area contributed by atoms with E-state index in [0.29, 0.717) is 39.4 Å². The van der Waals surface area contributed by atoms with Gasteiger partial charge in [-0.2, -0.15) is 10.2 Å². The SMILES string of the molecule is O=C(COc1ccc(OCc2ccccc2)cc1)N/N=C\c1cn[nH]c1-c1ccc(Cl)c(Cl)c1. The minimum absolute atomic E-state index is 0.188. The van der Waals surface area contributed by atoms with Crippen LogP contribution in [-0.2, 0) is 11.4 Å². The Balaban J connectivity index is 1.25. The predicted molar refractivity (Wildman–Crippen MR) is 132 cm³/mol. The zero-order chi connectivity index (χ0) is 23.8. The van der Waals surface area contributed by atoms with Gasteiger partial charge in [-0.15, -0.1) is 0 Å². The molecule has 0 atom stereocenters. The minimum atomic E-state index is -0.403. The molecule has 0 bridgehead atoms. The zero-order valence-electron chi connectivity index (χ0n) is 17.9. The van der Waals surface area contributed by atoms with Crippen LogP contribution in [-0.4, -0.2) is 28.9 Å². The maximum Gasteiger partial charge on any atom is 0.277 e. The monoisotopic (exact) mass is 494 g/mol. The van der Waals surface area contributed by atoms with Crippen molar-refractivity contribution < 1.29 is 14.3 Å². The first kappa shape index (κ1) is 23.4. The number of hydrazone groups is 1. The quantitative estimate of drug-likeness (QED) is 0.237. The van der Waals surface area contributed by atoms with Crippen molar-refractivity contribution in [2.24, 2.45) is 5.10 Å². The molecule has 0 aliphatic heterocycles. The van der Waals surface area contributed by atoms with Gasteiger partial charge in [0, 0.05) is 11.1 Å². The Bertz CT molecular complexity index is 1280. The molecule has 34 heavy (non-hydrogen) atoms. The van der Waals surface area contributed by atoms with Crippen molar-refractivity contribution in [3.05, 3.63) is 100 Å². The first-order valence-electron chi connectivity index (χ1n) is 10.3. The van der Waals surface area contributed by atoms with Crippen molar-refractivity contribution in [1.82, 2.24) is 15.6 Å². The average Bonchev–Trinajstić information content (AvgIpc) is 3.33. The highest BCUT2D eigenvalue weighted by molar-refractivity contribution is 6.42.